The van der Waals surface area contributed by atoms with Gasteiger partial charge in [-0.25, -0.2) is 0 Å². The quantitative estimate of drug-likeness (QED) is 0.848. The second-order valence-corrected chi connectivity index (χ2v) is 7.72. The van der Waals surface area contributed by atoms with Crippen LogP contribution in [0.1, 0.15) is 44.2 Å². The van der Waals surface area contributed by atoms with Gasteiger partial charge < -0.3 is 5.32 Å². The summed E-state index contributed by atoms with van der Waals surface area (Å²) in [6.45, 7) is 6.99. The van der Waals surface area contributed by atoms with E-state index in [1.54, 1.807) is 0 Å². The van der Waals surface area contributed by atoms with Crippen molar-refractivity contribution in [1.82, 2.24) is 5.32 Å². The number of nitrogens with one attached hydrogen (secondary N) is 1. The number of hydrogen-bond acceptors (Lipinski definition) is 2. The maximum atomic E-state index is 3.54. The predicted molar refractivity (Wildman–Crippen MR) is 91.3 cm³/mol. The van der Waals surface area contributed by atoms with Gasteiger partial charge in [-0.05, 0) is 56.2 Å². The molecule has 1 N–H and O–H groups in total. The molecule has 2 rings (SSSR count). The van der Waals surface area contributed by atoms with Crippen molar-refractivity contribution >= 4 is 11.8 Å². The molecule has 3 unspecified atom stereocenters. The van der Waals surface area contributed by atoms with E-state index in [4.69, 9.17) is 0 Å². The lowest BCUT2D eigenvalue weighted by molar-refractivity contribution is 0.251. The monoisotopic (exact) mass is 291 g/mol. The third kappa shape index (κ3) is 4.02. The highest BCUT2D eigenvalue weighted by molar-refractivity contribution is 7.99. The fraction of sp³-hybridized carbons (Fsp3) is 0.667. The minimum absolute atomic E-state index is 0.694. The van der Waals surface area contributed by atoms with Crippen LogP contribution >= 0.6 is 11.8 Å². The minimum atomic E-state index is 0.694. The summed E-state index contributed by atoms with van der Waals surface area (Å²) in [5.41, 5.74) is 2.93. The molecule has 0 amide bonds. The van der Waals surface area contributed by atoms with Crippen LogP contribution in [-0.4, -0.2) is 18.3 Å². The van der Waals surface area contributed by atoms with Gasteiger partial charge in [0.25, 0.3) is 0 Å². The summed E-state index contributed by atoms with van der Waals surface area (Å²) in [4.78, 5) is 0. The van der Waals surface area contributed by atoms with Crippen molar-refractivity contribution in [1.29, 1.82) is 0 Å². The van der Waals surface area contributed by atoms with Gasteiger partial charge in [-0.2, -0.15) is 11.8 Å². The molecule has 20 heavy (non-hydrogen) atoms. The molecule has 112 valence electrons. The summed E-state index contributed by atoms with van der Waals surface area (Å²) < 4.78 is 0. The van der Waals surface area contributed by atoms with Gasteiger partial charge >= 0.3 is 0 Å². The molecule has 1 nitrogen and oxygen atoms in total. The normalized spacial score (nSPS) is 26.9. The van der Waals surface area contributed by atoms with E-state index in [0.717, 1.165) is 22.8 Å². The summed E-state index contributed by atoms with van der Waals surface area (Å²) in [7, 11) is 2.13. The first-order valence-electron chi connectivity index (χ1n) is 7.95. The predicted octanol–water partition coefficient (Wildman–Crippen LogP) is 4.64. The van der Waals surface area contributed by atoms with Crippen LogP contribution in [0.4, 0.5) is 0 Å². The zero-order chi connectivity index (χ0) is 14.5. The van der Waals surface area contributed by atoms with Crippen molar-refractivity contribution < 1.29 is 0 Å². The number of benzene rings is 1. The van der Waals surface area contributed by atoms with Crippen molar-refractivity contribution in [2.75, 3.05) is 7.05 Å². The molecule has 2 heteroatoms. The van der Waals surface area contributed by atoms with Gasteiger partial charge in [0.15, 0.2) is 0 Å². The van der Waals surface area contributed by atoms with Gasteiger partial charge in [-0.15, -0.1) is 0 Å². The Kier molecular flexibility index (Phi) is 5.98. The van der Waals surface area contributed by atoms with Crippen LogP contribution in [0.25, 0.3) is 0 Å². The molecule has 1 saturated carbocycles. The Balaban J connectivity index is 1.96. The number of aryl methyl sites for hydroxylation is 1. The van der Waals surface area contributed by atoms with Gasteiger partial charge in [0.05, 0.1) is 0 Å². The first-order chi connectivity index (χ1) is 9.61. The van der Waals surface area contributed by atoms with Gasteiger partial charge in [-0.3, -0.25) is 0 Å². The molecule has 1 fully saturated rings. The van der Waals surface area contributed by atoms with Crippen LogP contribution in [0.15, 0.2) is 24.3 Å². The van der Waals surface area contributed by atoms with Crippen molar-refractivity contribution in [2.24, 2.45) is 11.8 Å². The van der Waals surface area contributed by atoms with E-state index in [1.165, 1.54) is 30.4 Å². The molecule has 1 aliphatic carbocycles. The van der Waals surface area contributed by atoms with Crippen LogP contribution in [0, 0.1) is 18.8 Å². The highest BCUT2D eigenvalue weighted by atomic mass is 32.2. The lowest BCUT2D eigenvalue weighted by Crippen LogP contribution is -2.41. The topological polar surface area (TPSA) is 12.0 Å². The Labute approximate surface area is 128 Å². The summed E-state index contributed by atoms with van der Waals surface area (Å²) in [5, 5.41) is 4.31. The molecule has 0 saturated heterocycles. The Morgan fingerprint density at radius 2 is 2.00 bits per heavy atom. The number of rotatable bonds is 5. The summed E-state index contributed by atoms with van der Waals surface area (Å²) >= 11 is 2.16. The highest BCUT2D eigenvalue weighted by Crippen LogP contribution is 2.37. The molecule has 0 heterocycles. The fourth-order valence-corrected chi connectivity index (χ4v) is 4.85. The van der Waals surface area contributed by atoms with E-state index in [2.05, 4.69) is 69.2 Å². The van der Waals surface area contributed by atoms with E-state index in [9.17, 15) is 0 Å². The zero-order valence-electron chi connectivity index (χ0n) is 13.4. The molecule has 3 atom stereocenters. The average Bonchev–Trinajstić information content (AvgIpc) is 2.46. The van der Waals surface area contributed by atoms with Crippen LogP contribution < -0.4 is 5.32 Å². The second-order valence-electron chi connectivity index (χ2n) is 6.49. The second kappa shape index (κ2) is 7.51. The van der Waals surface area contributed by atoms with Crippen molar-refractivity contribution in [3.8, 4) is 0 Å². The first kappa shape index (κ1) is 15.9. The molecule has 1 aromatic carbocycles. The SMILES string of the molecule is CNC1CCC(C(C)C)CC1SCc1ccccc1C. The lowest BCUT2D eigenvalue weighted by atomic mass is 9.79. The molecule has 0 spiro atoms. The molecule has 1 aliphatic rings. The number of thioether (sulfide) groups is 1. The van der Waals surface area contributed by atoms with Gasteiger partial charge in [0.2, 0.25) is 0 Å². The standard InChI is InChI=1S/C18H29NS/c1-13(2)15-9-10-17(19-4)18(11-15)20-12-16-8-6-5-7-14(16)3/h5-8,13,15,17-19H,9-12H2,1-4H3. The van der Waals surface area contributed by atoms with E-state index in [0.29, 0.717) is 6.04 Å². The molecule has 0 bridgehead atoms. The average molecular weight is 292 g/mol. The molecule has 0 aliphatic heterocycles. The van der Waals surface area contributed by atoms with Crippen molar-refractivity contribution in [3.63, 3.8) is 0 Å². The summed E-state index contributed by atoms with van der Waals surface area (Å²) in [6, 6.07) is 9.49. The molecule has 0 aromatic heterocycles. The van der Waals surface area contributed by atoms with Crippen LogP contribution in [0.3, 0.4) is 0 Å². The van der Waals surface area contributed by atoms with Gasteiger partial charge in [0.1, 0.15) is 0 Å². The Hall–Kier alpha value is -0.470. The summed E-state index contributed by atoms with van der Waals surface area (Å²) in [5.74, 6) is 2.89. The molecular weight excluding hydrogens is 262 g/mol. The van der Waals surface area contributed by atoms with Crippen molar-refractivity contribution in [2.45, 2.75) is 57.1 Å². The fourth-order valence-electron chi connectivity index (χ4n) is 3.25. The van der Waals surface area contributed by atoms with E-state index >= 15 is 0 Å². The smallest absolute Gasteiger partial charge is 0.0207 e. The molecule has 0 radical (unpaired) electrons. The maximum Gasteiger partial charge on any atom is 0.0207 e. The highest BCUT2D eigenvalue weighted by Gasteiger charge is 2.31. The lowest BCUT2D eigenvalue weighted by Gasteiger charge is -2.37. The van der Waals surface area contributed by atoms with Crippen molar-refractivity contribution in [3.05, 3.63) is 35.4 Å². The van der Waals surface area contributed by atoms with Crippen LogP contribution in [-0.2, 0) is 5.75 Å². The Morgan fingerprint density at radius 3 is 2.65 bits per heavy atom. The Bertz CT molecular complexity index is 416. The van der Waals surface area contributed by atoms with Crippen LogP contribution in [0.5, 0.6) is 0 Å². The van der Waals surface area contributed by atoms with E-state index in [1.807, 2.05) is 0 Å². The first-order valence-corrected chi connectivity index (χ1v) is 9.00. The summed E-state index contributed by atoms with van der Waals surface area (Å²) in [6.07, 6.45) is 4.11. The molecular formula is C18H29NS. The molecule has 1 aromatic rings. The van der Waals surface area contributed by atoms with E-state index < -0.39 is 0 Å². The van der Waals surface area contributed by atoms with Crippen LogP contribution in [0.2, 0.25) is 0 Å². The Morgan fingerprint density at radius 1 is 1.25 bits per heavy atom. The largest absolute Gasteiger partial charge is 0.316 e. The van der Waals surface area contributed by atoms with E-state index in [-0.39, 0.29) is 0 Å². The maximum absolute atomic E-state index is 3.54. The third-order valence-electron chi connectivity index (χ3n) is 4.86. The third-order valence-corrected chi connectivity index (χ3v) is 6.29. The minimum Gasteiger partial charge on any atom is -0.316 e. The van der Waals surface area contributed by atoms with Gasteiger partial charge in [-0.1, -0.05) is 38.1 Å². The van der Waals surface area contributed by atoms with Gasteiger partial charge in [0, 0.05) is 17.0 Å². The number of hydrogen-bond donors (Lipinski definition) is 1. The zero-order valence-corrected chi connectivity index (χ0v) is 14.2.